The predicted molar refractivity (Wildman–Crippen MR) is 139 cm³/mol. The Balaban J connectivity index is 1.46. The summed E-state index contributed by atoms with van der Waals surface area (Å²) in [4.78, 5) is 13.5. The Morgan fingerprint density at radius 3 is 2.17 bits per heavy atom. The van der Waals surface area contributed by atoms with E-state index in [9.17, 15) is 50.8 Å². The second-order valence-corrected chi connectivity index (χ2v) is 10.1. The van der Waals surface area contributed by atoms with Crippen LogP contribution in [0.1, 0.15) is 6.92 Å². The molecule has 0 radical (unpaired) electrons. The highest BCUT2D eigenvalue weighted by Gasteiger charge is 2.47. The van der Waals surface area contributed by atoms with Crippen LogP contribution in [-0.4, -0.2) is 114 Å². The van der Waals surface area contributed by atoms with Gasteiger partial charge in [0.1, 0.15) is 59.4 Å². The first kappa shape index (κ1) is 30.0. The van der Waals surface area contributed by atoms with Crippen LogP contribution in [0.5, 0.6) is 23.0 Å². The van der Waals surface area contributed by atoms with Crippen molar-refractivity contribution in [3.05, 3.63) is 46.6 Å². The molecule has 3 aromatic rings. The highest BCUT2D eigenvalue weighted by molar-refractivity contribution is 5.87. The van der Waals surface area contributed by atoms with Crippen molar-refractivity contribution in [1.82, 2.24) is 0 Å². The molecule has 5 rings (SSSR count). The second kappa shape index (κ2) is 11.6. The van der Waals surface area contributed by atoms with E-state index in [4.69, 9.17) is 23.4 Å². The van der Waals surface area contributed by atoms with E-state index in [2.05, 4.69) is 0 Å². The van der Waals surface area contributed by atoms with Gasteiger partial charge in [0.25, 0.3) is 0 Å². The standard InChI is InChI=1S/C27H30O15/c1-9-17(31)20(34)22(36)26(39-9)38-8-15-18(32)21(35)23(37)27(41-15)42-25-19(33)16-12(29)3-2-4-14(16)40-24(25)10-5-6-11(28)13(30)7-10/h2-7,9,15,17-18,20-23,26-32,34-37H,8H2,1H3/t9-,15+,17-,18-,20+,21-,22+,23+,26+,27-/m0/s1. The smallest absolute Gasteiger partial charge is 0.239 e. The molecule has 1 aromatic heterocycles. The van der Waals surface area contributed by atoms with E-state index in [0.29, 0.717) is 0 Å². The zero-order valence-electron chi connectivity index (χ0n) is 21.9. The molecule has 0 amide bonds. The Morgan fingerprint density at radius 1 is 0.762 bits per heavy atom. The molecule has 9 N–H and O–H groups in total. The molecule has 15 heteroatoms. The predicted octanol–water partition coefficient (Wildman–Crippen LogP) is -1.39. The first-order valence-corrected chi connectivity index (χ1v) is 12.9. The van der Waals surface area contributed by atoms with E-state index < -0.39 is 96.4 Å². The Hall–Kier alpha value is -3.51. The third-order valence-corrected chi connectivity index (χ3v) is 7.23. The van der Waals surface area contributed by atoms with Crippen LogP contribution in [-0.2, 0) is 14.2 Å². The molecule has 0 unspecified atom stereocenters. The SMILES string of the molecule is C[C@@H]1O[C@@H](OC[C@H]2O[C@@H](Oc3c(-c4ccc(O)c(O)c4)oc4cccc(O)c4c3=O)[C@H](O)[C@@H](O)[C@H]2O)[C@H](O)[C@H](O)[C@H]1O. The molecule has 2 aliphatic rings. The van der Waals surface area contributed by atoms with Gasteiger partial charge in [-0.3, -0.25) is 4.79 Å². The zero-order chi connectivity index (χ0) is 30.5. The molecular formula is C27H30O15. The van der Waals surface area contributed by atoms with Gasteiger partial charge >= 0.3 is 0 Å². The fourth-order valence-electron chi connectivity index (χ4n) is 4.78. The van der Waals surface area contributed by atoms with Gasteiger partial charge in [-0.15, -0.1) is 0 Å². The summed E-state index contributed by atoms with van der Waals surface area (Å²) in [7, 11) is 0. The first-order valence-electron chi connectivity index (χ1n) is 12.9. The molecule has 0 spiro atoms. The highest BCUT2D eigenvalue weighted by Crippen LogP contribution is 2.38. The largest absolute Gasteiger partial charge is 0.507 e. The summed E-state index contributed by atoms with van der Waals surface area (Å²) >= 11 is 0. The van der Waals surface area contributed by atoms with Crippen LogP contribution in [0, 0.1) is 0 Å². The fraction of sp³-hybridized carbons (Fsp3) is 0.444. The van der Waals surface area contributed by atoms with Gasteiger partial charge in [-0.1, -0.05) is 6.07 Å². The van der Waals surface area contributed by atoms with Crippen LogP contribution < -0.4 is 10.2 Å². The van der Waals surface area contributed by atoms with Crippen LogP contribution in [0.25, 0.3) is 22.3 Å². The summed E-state index contributed by atoms with van der Waals surface area (Å²) in [6, 6.07) is 7.53. The highest BCUT2D eigenvalue weighted by atomic mass is 16.7. The van der Waals surface area contributed by atoms with Crippen molar-refractivity contribution in [2.45, 2.75) is 68.3 Å². The molecule has 228 valence electrons. The number of ether oxygens (including phenoxy) is 4. The Kier molecular flexibility index (Phi) is 8.30. The molecule has 2 aliphatic heterocycles. The number of aliphatic hydroxyl groups is 6. The van der Waals surface area contributed by atoms with Gasteiger partial charge in [0.15, 0.2) is 23.5 Å². The van der Waals surface area contributed by atoms with Gasteiger partial charge in [0.2, 0.25) is 17.5 Å². The topological polar surface area (TPSA) is 249 Å². The maximum absolute atomic E-state index is 13.5. The number of benzene rings is 2. The summed E-state index contributed by atoms with van der Waals surface area (Å²) in [5, 5.41) is 91.6. The zero-order valence-corrected chi connectivity index (χ0v) is 21.9. The van der Waals surface area contributed by atoms with Crippen molar-refractivity contribution in [3.63, 3.8) is 0 Å². The minimum atomic E-state index is -1.93. The first-order chi connectivity index (χ1) is 19.9. The van der Waals surface area contributed by atoms with E-state index >= 15 is 0 Å². The quantitative estimate of drug-likeness (QED) is 0.149. The van der Waals surface area contributed by atoms with Gasteiger partial charge < -0.3 is 69.3 Å². The van der Waals surface area contributed by atoms with Crippen molar-refractivity contribution in [1.29, 1.82) is 0 Å². The minimum absolute atomic E-state index is 0.0479. The van der Waals surface area contributed by atoms with E-state index in [-0.39, 0.29) is 22.3 Å². The summed E-state index contributed by atoms with van der Waals surface area (Å²) in [5.74, 6) is -2.38. The number of phenolic OH excluding ortho intramolecular Hbond substituents is 3. The third-order valence-electron chi connectivity index (χ3n) is 7.23. The van der Waals surface area contributed by atoms with Crippen molar-refractivity contribution >= 4 is 11.0 Å². The lowest BCUT2D eigenvalue weighted by Crippen LogP contribution is -2.61. The molecule has 2 saturated heterocycles. The lowest BCUT2D eigenvalue weighted by atomic mass is 9.98. The van der Waals surface area contributed by atoms with Crippen molar-refractivity contribution in [2.24, 2.45) is 0 Å². The summed E-state index contributed by atoms with van der Waals surface area (Å²) < 4.78 is 28.0. The van der Waals surface area contributed by atoms with Crippen LogP contribution in [0.2, 0.25) is 0 Å². The van der Waals surface area contributed by atoms with Crippen LogP contribution in [0.4, 0.5) is 0 Å². The lowest BCUT2D eigenvalue weighted by Gasteiger charge is -2.42. The number of hydrogen-bond donors (Lipinski definition) is 9. The molecule has 2 fully saturated rings. The fourth-order valence-corrected chi connectivity index (χ4v) is 4.78. The molecular weight excluding hydrogens is 564 g/mol. The maximum Gasteiger partial charge on any atom is 0.239 e. The average molecular weight is 595 g/mol. The lowest BCUT2D eigenvalue weighted by molar-refractivity contribution is -0.318. The summed E-state index contributed by atoms with van der Waals surface area (Å²) in [6.45, 7) is 0.859. The number of phenols is 3. The molecule has 15 nitrogen and oxygen atoms in total. The van der Waals surface area contributed by atoms with Crippen LogP contribution in [0.3, 0.4) is 0 Å². The van der Waals surface area contributed by atoms with E-state index in [1.807, 2.05) is 0 Å². The number of aliphatic hydroxyl groups excluding tert-OH is 6. The van der Waals surface area contributed by atoms with Gasteiger partial charge in [0.05, 0.1) is 12.7 Å². The third kappa shape index (κ3) is 5.37. The Labute approximate surface area is 236 Å². The summed E-state index contributed by atoms with van der Waals surface area (Å²) in [5.41, 5.74) is -0.928. The number of hydrogen-bond acceptors (Lipinski definition) is 15. The monoisotopic (exact) mass is 594 g/mol. The Bertz CT molecular complexity index is 1490. The minimum Gasteiger partial charge on any atom is -0.507 e. The number of fused-ring (bicyclic) bond motifs is 1. The van der Waals surface area contributed by atoms with E-state index in [1.165, 1.54) is 31.2 Å². The Morgan fingerprint density at radius 2 is 1.45 bits per heavy atom. The van der Waals surface area contributed by atoms with Gasteiger partial charge in [0, 0.05) is 5.56 Å². The van der Waals surface area contributed by atoms with Crippen molar-refractivity contribution < 1.29 is 69.3 Å². The number of rotatable bonds is 6. The molecule has 0 aliphatic carbocycles. The molecule has 10 atom stereocenters. The van der Waals surface area contributed by atoms with Gasteiger partial charge in [-0.25, -0.2) is 0 Å². The maximum atomic E-state index is 13.5. The molecule has 0 saturated carbocycles. The van der Waals surface area contributed by atoms with Crippen molar-refractivity contribution in [3.8, 4) is 34.3 Å². The van der Waals surface area contributed by atoms with Gasteiger partial charge in [-0.2, -0.15) is 0 Å². The molecule has 42 heavy (non-hydrogen) atoms. The van der Waals surface area contributed by atoms with Crippen LogP contribution in [0.15, 0.2) is 45.6 Å². The van der Waals surface area contributed by atoms with E-state index in [1.54, 1.807) is 0 Å². The second-order valence-electron chi connectivity index (χ2n) is 10.1. The average Bonchev–Trinajstić information content (AvgIpc) is 2.96. The molecule has 3 heterocycles. The normalized spacial score (nSPS) is 33.5. The molecule has 0 bridgehead atoms. The number of aromatic hydroxyl groups is 3. The van der Waals surface area contributed by atoms with Crippen LogP contribution >= 0.6 is 0 Å². The molecule has 2 aromatic carbocycles. The summed E-state index contributed by atoms with van der Waals surface area (Å²) in [6.07, 6.45) is -15.9. The van der Waals surface area contributed by atoms with Crippen molar-refractivity contribution in [2.75, 3.05) is 6.61 Å². The van der Waals surface area contributed by atoms with E-state index in [0.717, 1.165) is 12.1 Å². The van der Waals surface area contributed by atoms with Gasteiger partial charge in [-0.05, 0) is 37.3 Å².